The molecule has 1 unspecified atom stereocenters. The van der Waals surface area contributed by atoms with Crippen LogP contribution in [0.25, 0.3) is 0 Å². The van der Waals surface area contributed by atoms with Gasteiger partial charge in [0, 0.05) is 12.6 Å². The van der Waals surface area contributed by atoms with Crippen molar-refractivity contribution in [2.75, 3.05) is 13.7 Å². The normalized spacial score (nSPS) is 11.8. The molecule has 0 aliphatic rings. The molecule has 1 amide bonds. The molecule has 0 aliphatic carbocycles. The maximum Gasteiger partial charge on any atom is 0.325 e. The molecule has 4 nitrogen and oxygen atoms in total. The van der Waals surface area contributed by atoms with Crippen molar-refractivity contribution in [1.29, 1.82) is 0 Å². The van der Waals surface area contributed by atoms with E-state index in [0.29, 0.717) is 6.07 Å². The Hall–Kier alpha value is -1.69. The number of halogens is 3. The standard InChI is InChI=1S/C12H12ClF2NO3/c1-19-12(18)9(13)6-16-11(17)4-7-2-3-8(14)5-10(7)15/h2-3,5,9H,4,6H2,1H3,(H,16,17). The Balaban J connectivity index is 2.49. The molecule has 0 heterocycles. The summed E-state index contributed by atoms with van der Waals surface area (Å²) in [6.45, 7) is -0.129. The number of carbonyl (C=O) groups is 2. The number of methoxy groups -OCH3 is 1. The smallest absolute Gasteiger partial charge is 0.325 e. The lowest BCUT2D eigenvalue weighted by Crippen LogP contribution is -2.35. The number of esters is 1. The quantitative estimate of drug-likeness (QED) is 0.659. The number of hydrogen-bond acceptors (Lipinski definition) is 3. The molecule has 0 saturated carbocycles. The summed E-state index contributed by atoms with van der Waals surface area (Å²) in [7, 11) is 1.17. The maximum absolute atomic E-state index is 13.3. The average molecular weight is 292 g/mol. The summed E-state index contributed by atoms with van der Waals surface area (Å²) >= 11 is 5.62. The second kappa shape index (κ2) is 7.04. The van der Waals surface area contributed by atoms with Gasteiger partial charge in [-0.1, -0.05) is 6.07 Å². The summed E-state index contributed by atoms with van der Waals surface area (Å²) < 4.78 is 30.3. The molecule has 0 spiro atoms. The molecule has 1 atom stereocenters. The van der Waals surface area contributed by atoms with Crippen molar-refractivity contribution in [3.63, 3.8) is 0 Å². The Labute approximate surface area is 113 Å². The summed E-state index contributed by atoms with van der Waals surface area (Å²) in [6.07, 6.45) is -0.267. The Morgan fingerprint density at radius 2 is 2.11 bits per heavy atom. The van der Waals surface area contributed by atoms with Gasteiger partial charge in [-0.2, -0.15) is 0 Å². The lowest BCUT2D eigenvalue weighted by atomic mass is 10.1. The van der Waals surface area contributed by atoms with Crippen molar-refractivity contribution in [2.24, 2.45) is 0 Å². The van der Waals surface area contributed by atoms with Crippen LogP contribution in [-0.2, 0) is 20.7 Å². The third kappa shape index (κ3) is 4.82. The summed E-state index contributed by atoms with van der Waals surface area (Å²) in [6, 6.07) is 2.94. The Morgan fingerprint density at radius 1 is 1.42 bits per heavy atom. The van der Waals surface area contributed by atoms with Crippen LogP contribution in [0.1, 0.15) is 5.56 Å². The first-order chi connectivity index (χ1) is 8.93. The van der Waals surface area contributed by atoms with Crippen LogP contribution in [0.15, 0.2) is 18.2 Å². The first kappa shape index (κ1) is 15.4. The van der Waals surface area contributed by atoms with Crippen LogP contribution in [0.4, 0.5) is 8.78 Å². The molecule has 104 valence electrons. The number of benzene rings is 1. The molecular weight excluding hydrogens is 280 g/mol. The lowest BCUT2D eigenvalue weighted by Gasteiger charge is -2.09. The van der Waals surface area contributed by atoms with Crippen molar-refractivity contribution in [1.82, 2.24) is 5.32 Å². The fraction of sp³-hybridized carbons (Fsp3) is 0.333. The molecule has 19 heavy (non-hydrogen) atoms. The minimum Gasteiger partial charge on any atom is -0.468 e. The van der Waals surface area contributed by atoms with Gasteiger partial charge in [0.15, 0.2) is 0 Å². The largest absolute Gasteiger partial charge is 0.468 e. The van der Waals surface area contributed by atoms with Gasteiger partial charge in [0.05, 0.1) is 13.5 Å². The van der Waals surface area contributed by atoms with E-state index < -0.39 is 28.9 Å². The van der Waals surface area contributed by atoms with Gasteiger partial charge in [-0.05, 0) is 11.6 Å². The summed E-state index contributed by atoms with van der Waals surface area (Å²) in [5, 5.41) is 1.35. The van der Waals surface area contributed by atoms with Crippen molar-refractivity contribution in [3.05, 3.63) is 35.4 Å². The van der Waals surface area contributed by atoms with Crippen LogP contribution in [0, 0.1) is 11.6 Å². The van der Waals surface area contributed by atoms with E-state index in [1.165, 1.54) is 13.2 Å². The van der Waals surface area contributed by atoms with Crippen molar-refractivity contribution in [3.8, 4) is 0 Å². The fourth-order valence-electron chi connectivity index (χ4n) is 1.32. The number of carbonyl (C=O) groups excluding carboxylic acids is 2. The predicted octanol–water partition coefficient (Wildman–Crippen LogP) is 1.40. The number of ether oxygens (including phenoxy) is 1. The van der Waals surface area contributed by atoms with Gasteiger partial charge in [0.25, 0.3) is 0 Å². The first-order valence-electron chi connectivity index (χ1n) is 5.36. The third-order valence-corrected chi connectivity index (χ3v) is 2.63. The van der Waals surface area contributed by atoms with Gasteiger partial charge < -0.3 is 10.1 Å². The molecule has 1 aromatic carbocycles. The highest BCUT2D eigenvalue weighted by Gasteiger charge is 2.17. The van der Waals surface area contributed by atoms with Gasteiger partial charge in [-0.15, -0.1) is 11.6 Å². The van der Waals surface area contributed by atoms with Crippen LogP contribution < -0.4 is 5.32 Å². The Bertz CT molecular complexity index is 482. The second-order valence-electron chi connectivity index (χ2n) is 3.71. The number of amides is 1. The molecule has 0 saturated heterocycles. The summed E-state index contributed by atoms with van der Waals surface area (Å²) in [5.41, 5.74) is 0.0584. The molecule has 1 rings (SSSR count). The van der Waals surface area contributed by atoms with Gasteiger partial charge in [-0.25, -0.2) is 8.78 Å². The van der Waals surface area contributed by atoms with E-state index in [9.17, 15) is 18.4 Å². The molecule has 7 heteroatoms. The Morgan fingerprint density at radius 3 is 2.68 bits per heavy atom. The molecule has 1 aromatic rings. The van der Waals surface area contributed by atoms with E-state index >= 15 is 0 Å². The lowest BCUT2D eigenvalue weighted by molar-refractivity contribution is -0.140. The molecule has 0 fully saturated rings. The monoisotopic (exact) mass is 291 g/mol. The van der Waals surface area contributed by atoms with Gasteiger partial charge >= 0.3 is 5.97 Å². The summed E-state index contributed by atoms with van der Waals surface area (Å²) in [4.78, 5) is 22.4. The minimum atomic E-state index is -1.01. The highest BCUT2D eigenvalue weighted by molar-refractivity contribution is 6.30. The van der Waals surface area contributed by atoms with E-state index in [1.54, 1.807) is 0 Å². The van der Waals surface area contributed by atoms with E-state index in [2.05, 4.69) is 10.1 Å². The maximum atomic E-state index is 13.3. The number of nitrogens with one attached hydrogen (secondary N) is 1. The number of hydrogen-bond donors (Lipinski definition) is 1. The molecule has 0 bridgehead atoms. The van der Waals surface area contributed by atoms with Crippen LogP contribution in [0.3, 0.4) is 0 Å². The van der Waals surface area contributed by atoms with Crippen LogP contribution >= 0.6 is 11.6 Å². The van der Waals surface area contributed by atoms with E-state index in [0.717, 1.165) is 6.07 Å². The zero-order chi connectivity index (χ0) is 14.4. The minimum absolute atomic E-state index is 0.0584. The summed E-state index contributed by atoms with van der Waals surface area (Å²) in [5.74, 6) is -2.71. The second-order valence-corrected chi connectivity index (χ2v) is 4.23. The predicted molar refractivity (Wildman–Crippen MR) is 64.7 cm³/mol. The average Bonchev–Trinajstić information content (AvgIpc) is 2.38. The van der Waals surface area contributed by atoms with Crippen molar-refractivity contribution >= 4 is 23.5 Å². The van der Waals surface area contributed by atoms with E-state index in [4.69, 9.17) is 11.6 Å². The van der Waals surface area contributed by atoms with E-state index in [1.807, 2.05) is 0 Å². The van der Waals surface area contributed by atoms with Gasteiger partial charge in [0.2, 0.25) is 5.91 Å². The van der Waals surface area contributed by atoms with Gasteiger partial charge in [-0.3, -0.25) is 9.59 Å². The zero-order valence-electron chi connectivity index (χ0n) is 10.1. The molecular formula is C12H12ClF2NO3. The fourth-order valence-corrected chi connectivity index (χ4v) is 1.48. The van der Waals surface area contributed by atoms with Crippen molar-refractivity contribution < 1.29 is 23.1 Å². The highest BCUT2D eigenvalue weighted by Crippen LogP contribution is 2.10. The Kier molecular flexibility index (Phi) is 5.69. The molecule has 0 aliphatic heterocycles. The number of rotatable bonds is 5. The highest BCUT2D eigenvalue weighted by atomic mass is 35.5. The third-order valence-electron chi connectivity index (χ3n) is 2.30. The zero-order valence-corrected chi connectivity index (χ0v) is 10.8. The molecule has 0 aromatic heterocycles. The SMILES string of the molecule is COC(=O)C(Cl)CNC(=O)Cc1ccc(F)cc1F. The first-order valence-corrected chi connectivity index (χ1v) is 5.80. The van der Waals surface area contributed by atoms with Gasteiger partial charge in [0.1, 0.15) is 17.0 Å². The molecule has 0 radical (unpaired) electrons. The van der Waals surface area contributed by atoms with Crippen LogP contribution in [0.2, 0.25) is 0 Å². The topological polar surface area (TPSA) is 55.4 Å². The van der Waals surface area contributed by atoms with Crippen LogP contribution in [-0.4, -0.2) is 30.9 Å². The van der Waals surface area contributed by atoms with Crippen molar-refractivity contribution in [2.45, 2.75) is 11.8 Å². The van der Waals surface area contributed by atoms with Crippen LogP contribution in [0.5, 0.6) is 0 Å². The van der Waals surface area contributed by atoms with E-state index in [-0.39, 0.29) is 18.5 Å². The molecule has 1 N–H and O–H groups in total. The number of alkyl halides is 1.